The van der Waals surface area contributed by atoms with Crippen molar-refractivity contribution in [2.75, 3.05) is 31.7 Å². The van der Waals surface area contributed by atoms with Gasteiger partial charge in [0, 0.05) is 14.2 Å². The number of benzene rings is 2. The average molecular weight is 321 g/mol. The van der Waals surface area contributed by atoms with E-state index >= 15 is 0 Å². The molecule has 0 aliphatic rings. The summed E-state index contributed by atoms with van der Waals surface area (Å²) in [5.41, 5.74) is 0.614. The molecule has 0 amide bonds. The van der Waals surface area contributed by atoms with E-state index in [-0.39, 0.29) is 4.90 Å². The van der Waals surface area contributed by atoms with Gasteiger partial charge in [-0.15, -0.1) is 0 Å². The predicted molar refractivity (Wildman–Crippen MR) is 85.8 cm³/mol. The van der Waals surface area contributed by atoms with Crippen LogP contribution in [0.1, 0.15) is 0 Å². The normalized spacial score (nSPS) is 11.2. The largest absolute Gasteiger partial charge is 0.491 e. The Morgan fingerprint density at radius 3 is 2.18 bits per heavy atom. The molecule has 2 aromatic carbocycles. The number of nitrogens with zero attached hydrogens (tertiary/aromatic N) is 1. The van der Waals surface area contributed by atoms with Gasteiger partial charge in [0.25, 0.3) is 10.0 Å². The van der Waals surface area contributed by atoms with Crippen LogP contribution in [-0.2, 0) is 14.8 Å². The second kappa shape index (κ2) is 7.29. The Morgan fingerprint density at radius 1 is 0.955 bits per heavy atom. The first-order valence-electron chi connectivity index (χ1n) is 6.81. The van der Waals surface area contributed by atoms with Crippen LogP contribution in [0.2, 0.25) is 0 Å². The maximum Gasteiger partial charge on any atom is 0.264 e. The van der Waals surface area contributed by atoms with E-state index in [9.17, 15) is 8.42 Å². The fourth-order valence-corrected chi connectivity index (χ4v) is 3.08. The summed E-state index contributed by atoms with van der Waals surface area (Å²) in [6, 6.07) is 15.3. The molecule has 0 fully saturated rings. The van der Waals surface area contributed by atoms with Crippen molar-refractivity contribution in [2.45, 2.75) is 4.90 Å². The van der Waals surface area contributed by atoms with E-state index in [1.807, 2.05) is 6.07 Å². The molecule has 0 radical (unpaired) electrons. The molecule has 2 aromatic rings. The van der Waals surface area contributed by atoms with Crippen LogP contribution in [0.25, 0.3) is 0 Å². The van der Waals surface area contributed by atoms with Gasteiger partial charge in [0.2, 0.25) is 0 Å². The summed E-state index contributed by atoms with van der Waals surface area (Å²) in [7, 11) is -0.450. The Morgan fingerprint density at radius 2 is 1.59 bits per heavy atom. The Hall–Kier alpha value is -2.05. The summed E-state index contributed by atoms with van der Waals surface area (Å²) < 4.78 is 36.7. The fraction of sp³-hybridized carbons (Fsp3) is 0.250. The standard InChI is InChI=1S/C16H19NO4S/c1-17(14-6-4-3-5-7-14)22(18,19)16-10-8-15(9-11-16)21-13-12-20-2/h3-11H,12-13H2,1-2H3. The number of hydrogen-bond donors (Lipinski definition) is 0. The van der Waals surface area contributed by atoms with Crippen molar-refractivity contribution in [1.82, 2.24) is 0 Å². The fourth-order valence-electron chi connectivity index (χ4n) is 1.89. The number of ether oxygens (including phenoxy) is 2. The molecule has 0 N–H and O–H groups in total. The minimum atomic E-state index is -3.58. The predicted octanol–water partition coefficient (Wildman–Crippen LogP) is 2.54. The lowest BCUT2D eigenvalue weighted by Gasteiger charge is -2.19. The third-order valence-corrected chi connectivity index (χ3v) is 4.96. The van der Waals surface area contributed by atoms with Gasteiger partial charge in [-0.1, -0.05) is 18.2 Å². The quantitative estimate of drug-likeness (QED) is 0.735. The number of sulfonamides is 1. The molecule has 0 aliphatic carbocycles. The van der Waals surface area contributed by atoms with Gasteiger partial charge in [-0.2, -0.15) is 0 Å². The lowest BCUT2D eigenvalue weighted by atomic mass is 10.3. The first-order valence-corrected chi connectivity index (χ1v) is 8.25. The highest BCUT2D eigenvalue weighted by molar-refractivity contribution is 7.92. The van der Waals surface area contributed by atoms with Crippen LogP contribution in [-0.4, -0.2) is 35.8 Å². The van der Waals surface area contributed by atoms with Crippen molar-refractivity contribution in [1.29, 1.82) is 0 Å². The van der Waals surface area contributed by atoms with Crippen LogP contribution in [0.3, 0.4) is 0 Å². The van der Waals surface area contributed by atoms with E-state index in [1.165, 1.54) is 23.5 Å². The van der Waals surface area contributed by atoms with Gasteiger partial charge in [0.1, 0.15) is 12.4 Å². The highest BCUT2D eigenvalue weighted by Gasteiger charge is 2.20. The molecule has 6 heteroatoms. The molecule has 0 saturated heterocycles. The molecule has 0 atom stereocenters. The molecule has 0 saturated carbocycles. The second-order valence-corrected chi connectivity index (χ2v) is 6.59. The van der Waals surface area contributed by atoms with E-state index in [0.29, 0.717) is 24.7 Å². The molecule has 0 aliphatic heterocycles. The Kier molecular flexibility index (Phi) is 5.41. The Bertz CT molecular complexity index is 684. The van der Waals surface area contributed by atoms with Crippen molar-refractivity contribution in [2.24, 2.45) is 0 Å². The molecule has 5 nitrogen and oxygen atoms in total. The van der Waals surface area contributed by atoms with Gasteiger partial charge in [-0.05, 0) is 36.4 Å². The van der Waals surface area contributed by atoms with Crippen LogP contribution < -0.4 is 9.04 Å². The number of methoxy groups -OCH3 is 1. The molecule has 2 rings (SSSR count). The third-order valence-electron chi connectivity index (χ3n) is 3.16. The summed E-state index contributed by atoms with van der Waals surface area (Å²) in [6.45, 7) is 0.906. The number of hydrogen-bond acceptors (Lipinski definition) is 4. The smallest absolute Gasteiger partial charge is 0.264 e. The lowest BCUT2D eigenvalue weighted by Crippen LogP contribution is -2.26. The van der Waals surface area contributed by atoms with Gasteiger partial charge in [0.15, 0.2) is 0 Å². The van der Waals surface area contributed by atoms with Gasteiger partial charge in [-0.3, -0.25) is 4.31 Å². The van der Waals surface area contributed by atoms with Crippen LogP contribution >= 0.6 is 0 Å². The minimum absolute atomic E-state index is 0.220. The van der Waals surface area contributed by atoms with Crippen molar-refractivity contribution in [3.8, 4) is 5.75 Å². The van der Waals surface area contributed by atoms with Gasteiger partial charge in [0.05, 0.1) is 17.2 Å². The molecular formula is C16H19NO4S. The van der Waals surface area contributed by atoms with Crippen LogP contribution in [0, 0.1) is 0 Å². The SMILES string of the molecule is COCCOc1ccc(S(=O)(=O)N(C)c2ccccc2)cc1. The maximum absolute atomic E-state index is 12.6. The molecule has 118 valence electrons. The summed E-state index contributed by atoms with van der Waals surface area (Å²) >= 11 is 0. The van der Waals surface area contributed by atoms with Gasteiger partial charge < -0.3 is 9.47 Å². The summed E-state index contributed by atoms with van der Waals surface area (Å²) in [5.74, 6) is 0.610. The summed E-state index contributed by atoms with van der Waals surface area (Å²) in [4.78, 5) is 0.220. The maximum atomic E-state index is 12.6. The number of para-hydroxylation sites is 1. The Labute approximate surface area is 131 Å². The molecular weight excluding hydrogens is 302 g/mol. The van der Waals surface area contributed by atoms with Crippen molar-refractivity contribution in [3.05, 3.63) is 54.6 Å². The second-order valence-electron chi connectivity index (χ2n) is 4.62. The molecule has 0 unspecified atom stereocenters. The van der Waals surface area contributed by atoms with Gasteiger partial charge >= 0.3 is 0 Å². The summed E-state index contributed by atoms with van der Waals surface area (Å²) in [6.07, 6.45) is 0. The van der Waals surface area contributed by atoms with Crippen LogP contribution in [0.4, 0.5) is 5.69 Å². The van der Waals surface area contributed by atoms with E-state index in [2.05, 4.69) is 0 Å². The summed E-state index contributed by atoms with van der Waals surface area (Å²) in [5, 5.41) is 0. The topological polar surface area (TPSA) is 55.8 Å². The third kappa shape index (κ3) is 3.78. The van der Waals surface area contributed by atoms with E-state index in [4.69, 9.17) is 9.47 Å². The number of anilines is 1. The zero-order valence-corrected chi connectivity index (χ0v) is 13.4. The molecule has 0 spiro atoms. The highest BCUT2D eigenvalue weighted by Crippen LogP contribution is 2.23. The van der Waals surface area contributed by atoms with E-state index < -0.39 is 10.0 Å². The van der Waals surface area contributed by atoms with E-state index in [1.54, 1.807) is 43.5 Å². The zero-order chi connectivity index (χ0) is 16.0. The molecule has 0 aromatic heterocycles. The van der Waals surface area contributed by atoms with Crippen LogP contribution in [0.5, 0.6) is 5.75 Å². The molecule has 0 bridgehead atoms. The first kappa shape index (κ1) is 16.3. The molecule has 0 heterocycles. The monoisotopic (exact) mass is 321 g/mol. The molecule has 22 heavy (non-hydrogen) atoms. The van der Waals surface area contributed by atoms with Crippen LogP contribution in [0.15, 0.2) is 59.5 Å². The van der Waals surface area contributed by atoms with E-state index in [0.717, 1.165) is 0 Å². The minimum Gasteiger partial charge on any atom is -0.491 e. The lowest BCUT2D eigenvalue weighted by molar-refractivity contribution is 0.146. The average Bonchev–Trinajstić information content (AvgIpc) is 2.55. The first-order chi connectivity index (χ1) is 10.6. The zero-order valence-electron chi connectivity index (χ0n) is 12.6. The van der Waals surface area contributed by atoms with Crippen molar-refractivity contribution >= 4 is 15.7 Å². The number of rotatable bonds is 7. The van der Waals surface area contributed by atoms with Crippen molar-refractivity contribution in [3.63, 3.8) is 0 Å². The highest BCUT2D eigenvalue weighted by atomic mass is 32.2. The Balaban J connectivity index is 2.16. The van der Waals surface area contributed by atoms with Gasteiger partial charge in [-0.25, -0.2) is 8.42 Å². The van der Waals surface area contributed by atoms with Crippen molar-refractivity contribution < 1.29 is 17.9 Å².